The molecule has 1 heterocycles. The summed E-state index contributed by atoms with van der Waals surface area (Å²) < 4.78 is 28.4. The normalized spacial score (nSPS) is 11.3. The number of hydrogen-bond acceptors (Lipinski definition) is 1. The lowest BCUT2D eigenvalue weighted by Gasteiger charge is -1.93. The summed E-state index contributed by atoms with van der Waals surface area (Å²) in [5.74, 6) is -0.616. The van der Waals surface area contributed by atoms with Crippen molar-refractivity contribution >= 4 is 31.5 Å². The number of rotatable bonds is 0. The summed E-state index contributed by atoms with van der Waals surface area (Å²) in [6.07, 6.45) is 0. The molecule has 0 unspecified atom stereocenters. The van der Waals surface area contributed by atoms with E-state index >= 15 is 0 Å². The quantitative estimate of drug-likeness (QED) is 0.529. The molecule has 0 nitrogen and oxygen atoms in total. The summed E-state index contributed by atoms with van der Waals surface area (Å²) >= 11 is 1.48. The summed E-state index contributed by atoms with van der Waals surface area (Å²) in [7, 11) is 0. The first-order valence-corrected chi connectivity index (χ1v) is 5.33. The Morgan fingerprint density at radius 2 is 1.80 bits per heavy atom. The highest BCUT2D eigenvalue weighted by Gasteiger charge is 2.09. The van der Waals surface area contributed by atoms with Crippen molar-refractivity contribution in [2.24, 2.45) is 0 Å². The van der Waals surface area contributed by atoms with Gasteiger partial charge in [-0.1, -0.05) is 6.07 Å². The van der Waals surface area contributed by atoms with E-state index in [-0.39, 0.29) is 11.6 Å². The molecule has 15 heavy (non-hydrogen) atoms. The van der Waals surface area contributed by atoms with E-state index in [1.165, 1.54) is 29.5 Å². The van der Waals surface area contributed by atoms with Crippen molar-refractivity contribution in [2.45, 2.75) is 0 Å². The average Bonchev–Trinajstić information content (AvgIpc) is 2.57. The zero-order chi connectivity index (χ0) is 10.4. The van der Waals surface area contributed by atoms with Crippen LogP contribution in [-0.2, 0) is 0 Å². The van der Waals surface area contributed by atoms with Gasteiger partial charge in [-0.15, -0.1) is 11.3 Å². The van der Waals surface area contributed by atoms with Gasteiger partial charge in [0, 0.05) is 20.2 Å². The number of thiophene rings is 1. The monoisotopic (exact) mass is 220 g/mol. The Morgan fingerprint density at radius 1 is 0.933 bits per heavy atom. The van der Waals surface area contributed by atoms with Crippen LogP contribution in [0.3, 0.4) is 0 Å². The SMILES string of the molecule is Fc1ccc2sc3cccc(F)c3c2c1. The van der Waals surface area contributed by atoms with Crippen LogP contribution >= 0.6 is 11.3 Å². The second kappa shape index (κ2) is 3.00. The van der Waals surface area contributed by atoms with Crippen molar-refractivity contribution in [3.05, 3.63) is 48.0 Å². The Balaban J connectivity index is 2.61. The second-order valence-corrected chi connectivity index (χ2v) is 4.44. The van der Waals surface area contributed by atoms with Gasteiger partial charge in [0.15, 0.2) is 0 Å². The van der Waals surface area contributed by atoms with E-state index in [1.807, 2.05) is 6.07 Å². The Morgan fingerprint density at radius 3 is 2.67 bits per heavy atom. The minimum atomic E-state index is -0.328. The maximum atomic E-state index is 13.6. The van der Waals surface area contributed by atoms with E-state index in [4.69, 9.17) is 0 Å². The van der Waals surface area contributed by atoms with Crippen molar-refractivity contribution in [2.75, 3.05) is 0 Å². The largest absolute Gasteiger partial charge is 0.207 e. The van der Waals surface area contributed by atoms with E-state index in [0.717, 1.165) is 9.40 Å². The van der Waals surface area contributed by atoms with Crippen LogP contribution < -0.4 is 0 Å². The molecule has 0 saturated carbocycles. The molecule has 0 saturated heterocycles. The van der Waals surface area contributed by atoms with Gasteiger partial charge in [0.25, 0.3) is 0 Å². The fourth-order valence-electron chi connectivity index (χ4n) is 1.76. The van der Waals surface area contributed by atoms with Gasteiger partial charge in [-0.05, 0) is 30.3 Å². The predicted molar refractivity (Wildman–Crippen MR) is 59.2 cm³/mol. The Hall–Kier alpha value is -1.48. The number of halogens is 2. The van der Waals surface area contributed by atoms with Crippen LogP contribution in [0.5, 0.6) is 0 Å². The smallest absolute Gasteiger partial charge is 0.132 e. The third kappa shape index (κ3) is 1.23. The van der Waals surface area contributed by atoms with Gasteiger partial charge in [-0.3, -0.25) is 0 Å². The second-order valence-electron chi connectivity index (χ2n) is 3.36. The minimum Gasteiger partial charge on any atom is -0.207 e. The van der Waals surface area contributed by atoms with Crippen LogP contribution in [0.4, 0.5) is 8.78 Å². The maximum Gasteiger partial charge on any atom is 0.132 e. The van der Waals surface area contributed by atoms with Crippen LogP contribution in [0.15, 0.2) is 36.4 Å². The Kier molecular flexibility index (Phi) is 1.76. The molecule has 0 aliphatic carbocycles. The molecule has 3 aromatic rings. The standard InChI is InChI=1S/C12H6F2S/c13-7-4-5-10-8(6-7)12-9(14)2-1-3-11(12)15-10/h1-6H. The molecule has 0 aliphatic heterocycles. The van der Waals surface area contributed by atoms with Crippen LogP contribution in [0, 0.1) is 11.6 Å². The molecule has 0 spiro atoms. The highest BCUT2D eigenvalue weighted by Crippen LogP contribution is 2.35. The van der Waals surface area contributed by atoms with Crippen molar-refractivity contribution in [1.29, 1.82) is 0 Å². The molecular weight excluding hydrogens is 214 g/mol. The molecule has 0 radical (unpaired) electrons. The highest BCUT2D eigenvalue weighted by molar-refractivity contribution is 7.25. The molecule has 0 atom stereocenters. The van der Waals surface area contributed by atoms with E-state index in [2.05, 4.69) is 0 Å². The maximum absolute atomic E-state index is 13.6. The summed E-state index contributed by atoms with van der Waals surface area (Å²) in [5, 5.41) is 1.19. The topological polar surface area (TPSA) is 0 Å². The first kappa shape index (κ1) is 8.80. The van der Waals surface area contributed by atoms with Crippen molar-refractivity contribution in [3.8, 4) is 0 Å². The van der Waals surface area contributed by atoms with Crippen LogP contribution in [0.2, 0.25) is 0 Å². The van der Waals surface area contributed by atoms with Gasteiger partial charge < -0.3 is 0 Å². The lowest BCUT2D eigenvalue weighted by Crippen LogP contribution is -1.75. The predicted octanol–water partition coefficient (Wildman–Crippen LogP) is 4.33. The average molecular weight is 220 g/mol. The summed E-state index contributed by atoms with van der Waals surface area (Å²) in [6.45, 7) is 0. The summed E-state index contributed by atoms with van der Waals surface area (Å²) in [4.78, 5) is 0. The molecule has 0 amide bonds. The molecule has 3 heteroatoms. The minimum absolute atomic E-state index is 0.288. The number of fused-ring (bicyclic) bond motifs is 3. The van der Waals surface area contributed by atoms with Gasteiger partial charge in [0.2, 0.25) is 0 Å². The van der Waals surface area contributed by atoms with Crippen LogP contribution in [0.25, 0.3) is 20.2 Å². The summed E-state index contributed by atoms with van der Waals surface area (Å²) in [5.41, 5.74) is 0. The van der Waals surface area contributed by atoms with Gasteiger partial charge >= 0.3 is 0 Å². The molecule has 2 aromatic carbocycles. The fourth-order valence-corrected chi connectivity index (χ4v) is 2.86. The lowest BCUT2D eigenvalue weighted by atomic mass is 10.1. The zero-order valence-electron chi connectivity index (χ0n) is 7.63. The molecule has 3 rings (SSSR count). The van der Waals surface area contributed by atoms with E-state index in [9.17, 15) is 8.78 Å². The number of benzene rings is 2. The van der Waals surface area contributed by atoms with E-state index in [0.29, 0.717) is 10.8 Å². The van der Waals surface area contributed by atoms with Crippen molar-refractivity contribution in [1.82, 2.24) is 0 Å². The van der Waals surface area contributed by atoms with Gasteiger partial charge in [-0.25, -0.2) is 8.78 Å². The van der Waals surface area contributed by atoms with Gasteiger partial charge in [-0.2, -0.15) is 0 Å². The molecule has 1 aromatic heterocycles. The highest BCUT2D eigenvalue weighted by atomic mass is 32.1. The Labute approximate surface area is 88.8 Å². The summed E-state index contributed by atoms with van der Waals surface area (Å²) in [6, 6.07) is 9.39. The van der Waals surface area contributed by atoms with Crippen LogP contribution in [0.1, 0.15) is 0 Å². The van der Waals surface area contributed by atoms with Crippen LogP contribution in [-0.4, -0.2) is 0 Å². The van der Waals surface area contributed by atoms with Crippen molar-refractivity contribution in [3.63, 3.8) is 0 Å². The first-order valence-electron chi connectivity index (χ1n) is 4.52. The molecule has 0 fully saturated rings. The van der Waals surface area contributed by atoms with Gasteiger partial charge in [0.05, 0.1) is 0 Å². The van der Waals surface area contributed by atoms with Gasteiger partial charge in [0.1, 0.15) is 11.6 Å². The third-order valence-electron chi connectivity index (χ3n) is 2.41. The van der Waals surface area contributed by atoms with E-state index in [1.54, 1.807) is 12.1 Å². The number of hydrogen-bond donors (Lipinski definition) is 0. The molecule has 0 N–H and O–H groups in total. The molecule has 74 valence electrons. The molecule has 0 bridgehead atoms. The molecule has 0 aliphatic rings. The molecular formula is C12H6F2S. The first-order chi connectivity index (χ1) is 7.25. The fraction of sp³-hybridized carbons (Fsp3) is 0. The lowest BCUT2D eigenvalue weighted by molar-refractivity contribution is 0.629. The third-order valence-corrected chi connectivity index (χ3v) is 3.54. The van der Waals surface area contributed by atoms with Crippen molar-refractivity contribution < 1.29 is 8.78 Å². The van der Waals surface area contributed by atoms with E-state index < -0.39 is 0 Å². The zero-order valence-corrected chi connectivity index (χ0v) is 8.44. The Bertz CT molecular complexity index is 655.